The Morgan fingerprint density at radius 2 is 2.14 bits per heavy atom. The molecular weight excluding hydrogens is 301 g/mol. The largest absolute Gasteiger partial charge is 0.439 e. The average Bonchev–Trinajstić information content (AvgIpc) is 2.77. The number of rotatable bonds is 2. The first-order valence-corrected chi connectivity index (χ1v) is 7.00. The number of ether oxygens (including phenoxy) is 1. The molecule has 3 rings (SSSR count). The van der Waals surface area contributed by atoms with Crippen LogP contribution in [0.15, 0.2) is 52.3 Å². The molecule has 0 bridgehead atoms. The minimum absolute atomic E-state index is 0.126. The number of aliphatic imine (C=N–C) groups is 1. The van der Waals surface area contributed by atoms with Crippen LogP contribution < -0.4 is 4.74 Å². The SMILES string of the molecule is CC1=CN2CC=C(Oc3cccc(C(F)(F)F)c3)N=C2S1. The number of fused-ring (bicyclic) bond motifs is 1. The lowest BCUT2D eigenvalue weighted by Crippen LogP contribution is -2.24. The summed E-state index contributed by atoms with van der Waals surface area (Å²) in [6.07, 6.45) is -0.675. The first-order valence-electron chi connectivity index (χ1n) is 6.19. The van der Waals surface area contributed by atoms with Gasteiger partial charge in [-0.2, -0.15) is 18.2 Å². The monoisotopic (exact) mass is 312 g/mol. The Balaban J connectivity index is 1.77. The van der Waals surface area contributed by atoms with Crippen molar-refractivity contribution in [1.82, 2.24) is 4.90 Å². The van der Waals surface area contributed by atoms with Crippen molar-refractivity contribution in [2.24, 2.45) is 4.99 Å². The van der Waals surface area contributed by atoms with E-state index < -0.39 is 11.7 Å². The molecule has 0 atom stereocenters. The van der Waals surface area contributed by atoms with E-state index in [2.05, 4.69) is 4.99 Å². The molecule has 110 valence electrons. The number of amidine groups is 1. The predicted molar refractivity (Wildman–Crippen MR) is 75.6 cm³/mol. The Bertz CT molecular complexity index is 664. The summed E-state index contributed by atoms with van der Waals surface area (Å²) in [6.45, 7) is 2.57. The van der Waals surface area contributed by atoms with Crippen LogP contribution in [-0.4, -0.2) is 16.6 Å². The molecule has 0 amide bonds. The third kappa shape index (κ3) is 3.07. The smallest absolute Gasteiger partial charge is 0.416 e. The molecule has 0 aliphatic carbocycles. The van der Waals surface area contributed by atoms with E-state index in [1.807, 2.05) is 18.0 Å². The van der Waals surface area contributed by atoms with Crippen LogP contribution in [0.25, 0.3) is 0 Å². The zero-order chi connectivity index (χ0) is 15.0. The van der Waals surface area contributed by atoms with Gasteiger partial charge in [0.25, 0.3) is 0 Å². The number of allylic oxidation sites excluding steroid dienone is 1. The molecule has 0 N–H and O–H groups in total. The first kappa shape index (κ1) is 14.1. The van der Waals surface area contributed by atoms with Gasteiger partial charge in [0.15, 0.2) is 5.17 Å². The number of hydrogen-bond acceptors (Lipinski definition) is 4. The summed E-state index contributed by atoms with van der Waals surface area (Å²) in [7, 11) is 0. The zero-order valence-electron chi connectivity index (χ0n) is 11.0. The molecule has 7 heteroatoms. The summed E-state index contributed by atoms with van der Waals surface area (Å²) in [4.78, 5) is 7.36. The second-order valence-corrected chi connectivity index (χ2v) is 5.77. The van der Waals surface area contributed by atoms with E-state index in [1.54, 1.807) is 6.08 Å². The number of alkyl halides is 3. The Labute approximate surface area is 123 Å². The molecular formula is C14H11F3N2OS. The van der Waals surface area contributed by atoms with Crippen molar-refractivity contribution in [3.8, 4) is 5.75 Å². The van der Waals surface area contributed by atoms with Gasteiger partial charge in [0.1, 0.15) is 5.75 Å². The molecule has 1 aromatic rings. The minimum atomic E-state index is -4.38. The fourth-order valence-electron chi connectivity index (χ4n) is 1.96. The molecule has 0 radical (unpaired) electrons. The van der Waals surface area contributed by atoms with Crippen molar-refractivity contribution in [3.63, 3.8) is 0 Å². The topological polar surface area (TPSA) is 24.8 Å². The second kappa shape index (κ2) is 5.14. The van der Waals surface area contributed by atoms with E-state index in [4.69, 9.17) is 4.74 Å². The van der Waals surface area contributed by atoms with Gasteiger partial charge in [-0.3, -0.25) is 0 Å². The van der Waals surface area contributed by atoms with Gasteiger partial charge in [-0.1, -0.05) is 17.8 Å². The summed E-state index contributed by atoms with van der Waals surface area (Å²) in [6, 6.07) is 4.78. The summed E-state index contributed by atoms with van der Waals surface area (Å²) < 4.78 is 43.4. The maximum atomic E-state index is 12.7. The van der Waals surface area contributed by atoms with E-state index >= 15 is 0 Å². The molecule has 0 aromatic heterocycles. The number of halogens is 3. The highest BCUT2D eigenvalue weighted by Crippen LogP contribution is 2.33. The van der Waals surface area contributed by atoms with Crippen LogP contribution in [0.1, 0.15) is 12.5 Å². The average molecular weight is 312 g/mol. The van der Waals surface area contributed by atoms with Crippen LogP contribution in [-0.2, 0) is 6.18 Å². The molecule has 0 saturated carbocycles. The van der Waals surface area contributed by atoms with E-state index in [1.165, 1.54) is 23.9 Å². The molecule has 2 aliphatic rings. The van der Waals surface area contributed by atoms with Crippen LogP contribution >= 0.6 is 11.8 Å². The van der Waals surface area contributed by atoms with Crippen molar-refractivity contribution in [3.05, 3.63) is 52.9 Å². The van der Waals surface area contributed by atoms with Crippen LogP contribution in [0.2, 0.25) is 0 Å². The molecule has 2 aliphatic heterocycles. The Morgan fingerprint density at radius 3 is 2.90 bits per heavy atom. The fraction of sp³-hybridized carbons (Fsp3) is 0.214. The van der Waals surface area contributed by atoms with Gasteiger partial charge in [-0.05, 0) is 31.2 Å². The van der Waals surface area contributed by atoms with E-state index in [0.29, 0.717) is 12.4 Å². The van der Waals surface area contributed by atoms with Gasteiger partial charge in [0.2, 0.25) is 5.88 Å². The minimum Gasteiger partial charge on any atom is -0.439 e. The molecule has 1 aromatic carbocycles. The standard InChI is InChI=1S/C14H11F3N2OS/c1-9-8-19-6-5-12(18-13(19)21-9)20-11-4-2-3-10(7-11)14(15,16)17/h2-5,7-8H,6H2,1H3. The maximum Gasteiger partial charge on any atom is 0.416 e. The van der Waals surface area contributed by atoms with Crippen molar-refractivity contribution < 1.29 is 17.9 Å². The van der Waals surface area contributed by atoms with E-state index in [0.717, 1.165) is 22.2 Å². The lowest BCUT2D eigenvalue weighted by Gasteiger charge is -2.19. The summed E-state index contributed by atoms with van der Waals surface area (Å²) in [5, 5.41) is 0.775. The van der Waals surface area contributed by atoms with Crippen molar-refractivity contribution in [1.29, 1.82) is 0 Å². The third-order valence-corrected chi connectivity index (χ3v) is 3.82. The van der Waals surface area contributed by atoms with Crippen molar-refractivity contribution in [2.45, 2.75) is 13.1 Å². The number of benzene rings is 1. The third-order valence-electron chi connectivity index (χ3n) is 2.89. The Morgan fingerprint density at radius 1 is 1.33 bits per heavy atom. The quantitative estimate of drug-likeness (QED) is 0.818. The molecule has 2 heterocycles. The van der Waals surface area contributed by atoms with Crippen LogP contribution in [0.3, 0.4) is 0 Å². The fourth-order valence-corrected chi connectivity index (χ4v) is 2.81. The highest BCUT2D eigenvalue weighted by atomic mass is 32.2. The summed E-state index contributed by atoms with van der Waals surface area (Å²) >= 11 is 1.51. The summed E-state index contributed by atoms with van der Waals surface area (Å²) in [5.74, 6) is 0.442. The van der Waals surface area contributed by atoms with Crippen molar-refractivity contribution >= 4 is 16.9 Å². The lowest BCUT2D eigenvalue weighted by atomic mass is 10.2. The number of hydrogen-bond donors (Lipinski definition) is 0. The molecule has 0 fully saturated rings. The molecule has 0 saturated heterocycles. The van der Waals surface area contributed by atoms with Crippen molar-refractivity contribution in [2.75, 3.05) is 6.54 Å². The second-order valence-electron chi connectivity index (χ2n) is 4.56. The Kier molecular flexibility index (Phi) is 3.44. The first-order chi connectivity index (χ1) is 9.91. The summed E-state index contributed by atoms with van der Waals surface area (Å²) in [5.41, 5.74) is -0.738. The van der Waals surface area contributed by atoms with E-state index in [9.17, 15) is 13.2 Å². The van der Waals surface area contributed by atoms with Gasteiger partial charge in [0.05, 0.1) is 5.56 Å². The number of nitrogens with zero attached hydrogens (tertiary/aromatic N) is 2. The molecule has 3 nitrogen and oxygen atoms in total. The number of thioether (sulfide) groups is 1. The highest BCUT2D eigenvalue weighted by Gasteiger charge is 2.30. The maximum absolute atomic E-state index is 12.7. The van der Waals surface area contributed by atoms with Gasteiger partial charge in [-0.25, -0.2) is 0 Å². The van der Waals surface area contributed by atoms with Gasteiger partial charge in [0, 0.05) is 17.6 Å². The Hall–Kier alpha value is -1.89. The van der Waals surface area contributed by atoms with Crippen LogP contribution in [0, 0.1) is 0 Å². The van der Waals surface area contributed by atoms with Crippen LogP contribution in [0.4, 0.5) is 13.2 Å². The van der Waals surface area contributed by atoms with Crippen LogP contribution in [0.5, 0.6) is 5.75 Å². The normalized spacial score (nSPS) is 17.9. The predicted octanol–water partition coefficient (Wildman–Crippen LogP) is 4.21. The van der Waals surface area contributed by atoms with E-state index in [-0.39, 0.29) is 5.75 Å². The zero-order valence-corrected chi connectivity index (χ0v) is 11.8. The lowest BCUT2D eigenvalue weighted by molar-refractivity contribution is -0.137. The highest BCUT2D eigenvalue weighted by molar-refractivity contribution is 8.17. The molecule has 21 heavy (non-hydrogen) atoms. The van der Waals surface area contributed by atoms with Gasteiger partial charge < -0.3 is 9.64 Å². The molecule has 0 unspecified atom stereocenters. The molecule has 0 spiro atoms. The van der Waals surface area contributed by atoms with Gasteiger partial charge >= 0.3 is 6.18 Å². The van der Waals surface area contributed by atoms with Gasteiger partial charge in [-0.15, -0.1) is 0 Å².